The number of nitrogens with one attached hydrogen (secondary N) is 1. The lowest BCUT2D eigenvalue weighted by Gasteiger charge is -2.10. The maximum atomic E-state index is 12.6. The minimum atomic E-state index is -4.48. The molecule has 1 heterocycles. The third-order valence-electron chi connectivity index (χ3n) is 4.53. The topological polar surface area (TPSA) is 137 Å². The van der Waals surface area contributed by atoms with E-state index in [9.17, 15) is 21.6 Å². The summed E-state index contributed by atoms with van der Waals surface area (Å²) in [4.78, 5) is 11.3. The zero-order valence-electron chi connectivity index (χ0n) is 15.8. The van der Waals surface area contributed by atoms with Crippen LogP contribution in [-0.4, -0.2) is 22.7 Å². The van der Waals surface area contributed by atoms with Gasteiger partial charge in [-0.05, 0) is 36.4 Å². The number of rotatable bonds is 5. The fourth-order valence-electron chi connectivity index (χ4n) is 3.05. The molecule has 0 fully saturated rings. The minimum absolute atomic E-state index is 0.0662. The molecular weight excluding hydrogens is 440 g/mol. The second-order valence-corrected chi connectivity index (χ2v) is 9.83. The molecule has 0 aliphatic rings. The minimum Gasteiger partial charge on any atom is -0.456 e. The van der Waals surface area contributed by atoms with E-state index in [0.717, 1.165) is 23.1 Å². The Morgan fingerprint density at radius 2 is 1.42 bits per heavy atom. The van der Waals surface area contributed by atoms with Crippen molar-refractivity contribution < 1.29 is 26.0 Å². The van der Waals surface area contributed by atoms with E-state index >= 15 is 0 Å². The standard InChI is InChI=1S/C21H16N2O6S2/c22-30(25,26)19-7-3-4-8-20(19)31(27,28)23-21(24)15-11-9-14(10-12-15)18-13-16-5-1-2-6-17(16)29-18/h1-13H,(H,23,24)(H2,22,25,26). The molecule has 31 heavy (non-hydrogen) atoms. The molecule has 0 saturated heterocycles. The molecule has 158 valence electrons. The van der Waals surface area contributed by atoms with Crippen molar-refractivity contribution >= 4 is 36.9 Å². The summed E-state index contributed by atoms with van der Waals surface area (Å²) in [5.41, 5.74) is 1.49. The van der Waals surface area contributed by atoms with Crippen LogP contribution in [0.4, 0.5) is 0 Å². The summed E-state index contributed by atoms with van der Waals surface area (Å²) >= 11 is 0. The van der Waals surface area contributed by atoms with Crippen LogP contribution in [0.3, 0.4) is 0 Å². The van der Waals surface area contributed by atoms with Gasteiger partial charge in [0.05, 0.1) is 0 Å². The number of benzene rings is 3. The molecule has 0 atom stereocenters. The Hall–Kier alpha value is -3.47. The lowest BCUT2D eigenvalue weighted by atomic mass is 10.1. The van der Waals surface area contributed by atoms with E-state index in [1.54, 1.807) is 12.1 Å². The Morgan fingerprint density at radius 3 is 2.06 bits per heavy atom. The number of furan rings is 1. The predicted molar refractivity (Wildman–Crippen MR) is 114 cm³/mol. The highest BCUT2D eigenvalue weighted by Crippen LogP contribution is 2.28. The number of hydrogen-bond acceptors (Lipinski definition) is 6. The van der Waals surface area contributed by atoms with Crippen LogP contribution in [0.25, 0.3) is 22.3 Å². The Morgan fingerprint density at radius 1 is 0.806 bits per heavy atom. The number of nitrogens with two attached hydrogens (primary N) is 1. The number of para-hydroxylation sites is 1. The molecule has 1 aromatic heterocycles. The number of primary sulfonamides is 1. The van der Waals surface area contributed by atoms with E-state index < -0.39 is 35.7 Å². The lowest BCUT2D eigenvalue weighted by Crippen LogP contribution is -2.32. The van der Waals surface area contributed by atoms with Crippen molar-refractivity contribution in [1.82, 2.24) is 4.72 Å². The summed E-state index contributed by atoms with van der Waals surface area (Å²) in [5, 5.41) is 6.01. The third-order valence-corrected chi connectivity index (χ3v) is 7.02. The van der Waals surface area contributed by atoms with Gasteiger partial charge in [0.1, 0.15) is 21.1 Å². The van der Waals surface area contributed by atoms with Gasteiger partial charge in [-0.3, -0.25) is 4.79 Å². The molecule has 0 bridgehead atoms. The fraction of sp³-hybridized carbons (Fsp3) is 0. The van der Waals surface area contributed by atoms with E-state index in [0.29, 0.717) is 11.3 Å². The van der Waals surface area contributed by atoms with Crippen molar-refractivity contribution in [3.05, 3.63) is 84.4 Å². The third kappa shape index (κ3) is 4.22. The smallest absolute Gasteiger partial charge is 0.265 e. The van der Waals surface area contributed by atoms with Crippen LogP contribution < -0.4 is 9.86 Å². The summed E-state index contributed by atoms with van der Waals surface area (Å²) in [6, 6.07) is 20.3. The second-order valence-electron chi connectivity index (χ2n) is 6.65. The van der Waals surface area contributed by atoms with E-state index in [2.05, 4.69) is 0 Å². The number of hydrogen-bond donors (Lipinski definition) is 2. The van der Waals surface area contributed by atoms with Gasteiger partial charge in [0.2, 0.25) is 10.0 Å². The average molecular weight is 457 g/mol. The summed E-state index contributed by atoms with van der Waals surface area (Å²) in [6.07, 6.45) is 0. The first-order valence-electron chi connectivity index (χ1n) is 8.93. The van der Waals surface area contributed by atoms with Gasteiger partial charge in [-0.15, -0.1) is 0 Å². The molecule has 8 nitrogen and oxygen atoms in total. The quantitative estimate of drug-likeness (QED) is 0.474. The molecule has 3 aromatic carbocycles. The first kappa shape index (κ1) is 20.8. The van der Waals surface area contributed by atoms with Crippen LogP contribution in [-0.2, 0) is 20.0 Å². The number of fused-ring (bicyclic) bond motifs is 1. The van der Waals surface area contributed by atoms with E-state index in [-0.39, 0.29) is 5.56 Å². The van der Waals surface area contributed by atoms with Gasteiger partial charge in [0.25, 0.3) is 15.9 Å². The molecule has 4 aromatic rings. The zero-order valence-corrected chi connectivity index (χ0v) is 17.5. The summed E-state index contributed by atoms with van der Waals surface area (Å²) < 4.78 is 56.2. The van der Waals surface area contributed by atoms with Crippen molar-refractivity contribution in [2.75, 3.05) is 0 Å². The maximum Gasteiger partial charge on any atom is 0.265 e. The molecule has 1 amide bonds. The molecule has 3 N–H and O–H groups in total. The molecule has 0 aliphatic carbocycles. The van der Waals surface area contributed by atoms with Gasteiger partial charge in [0, 0.05) is 16.5 Å². The first-order valence-corrected chi connectivity index (χ1v) is 12.0. The molecule has 0 saturated carbocycles. The van der Waals surface area contributed by atoms with Crippen molar-refractivity contribution in [2.45, 2.75) is 9.79 Å². The highest BCUT2D eigenvalue weighted by atomic mass is 32.2. The van der Waals surface area contributed by atoms with Gasteiger partial charge in [-0.1, -0.05) is 42.5 Å². The predicted octanol–water partition coefficient (Wildman–Crippen LogP) is 2.87. The summed E-state index contributed by atoms with van der Waals surface area (Å²) in [6.45, 7) is 0. The lowest BCUT2D eigenvalue weighted by molar-refractivity contribution is 0.0981. The molecular formula is C21H16N2O6S2. The molecule has 0 radical (unpaired) electrons. The summed E-state index contributed by atoms with van der Waals surface area (Å²) in [7, 11) is -8.78. The van der Waals surface area contributed by atoms with Crippen molar-refractivity contribution in [2.24, 2.45) is 5.14 Å². The van der Waals surface area contributed by atoms with Gasteiger partial charge in [0.15, 0.2) is 0 Å². The van der Waals surface area contributed by atoms with E-state index in [1.807, 2.05) is 35.1 Å². The van der Waals surface area contributed by atoms with E-state index in [4.69, 9.17) is 9.56 Å². The molecule has 10 heteroatoms. The SMILES string of the molecule is NS(=O)(=O)c1ccccc1S(=O)(=O)NC(=O)c1ccc(-c2cc3ccccc3o2)cc1. The van der Waals surface area contributed by atoms with Crippen LogP contribution in [0.2, 0.25) is 0 Å². The fourth-order valence-corrected chi connectivity index (χ4v) is 5.41. The number of amides is 1. The van der Waals surface area contributed by atoms with Crippen LogP contribution in [0.15, 0.2) is 93.1 Å². The number of carbonyl (C=O) groups excluding carboxylic acids is 1. The normalized spacial score (nSPS) is 12.0. The number of carbonyl (C=O) groups is 1. The highest BCUT2D eigenvalue weighted by molar-refractivity contribution is 7.92. The zero-order chi connectivity index (χ0) is 22.2. The van der Waals surface area contributed by atoms with Gasteiger partial charge in [-0.25, -0.2) is 26.7 Å². The largest absolute Gasteiger partial charge is 0.456 e. The van der Waals surface area contributed by atoms with Crippen molar-refractivity contribution in [3.8, 4) is 11.3 Å². The Kier molecular flexibility index (Phi) is 5.13. The van der Waals surface area contributed by atoms with Gasteiger partial charge >= 0.3 is 0 Å². The first-order chi connectivity index (χ1) is 14.6. The highest BCUT2D eigenvalue weighted by Gasteiger charge is 2.26. The van der Waals surface area contributed by atoms with Crippen LogP contribution >= 0.6 is 0 Å². The molecule has 0 aliphatic heterocycles. The second kappa shape index (κ2) is 7.65. The van der Waals surface area contributed by atoms with Crippen LogP contribution in [0.1, 0.15) is 10.4 Å². The number of sulfonamides is 2. The Balaban J connectivity index is 1.59. The Labute approximate surface area is 178 Å². The molecule has 0 spiro atoms. The monoisotopic (exact) mass is 456 g/mol. The van der Waals surface area contributed by atoms with E-state index in [1.165, 1.54) is 24.3 Å². The van der Waals surface area contributed by atoms with Crippen LogP contribution in [0, 0.1) is 0 Å². The molecule has 4 rings (SSSR count). The van der Waals surface area contributed by atoms with Gasteiger partial charge in [-0.2, -0.15) is 0 Å². The van der Waals surface area contributed by atoms with Crippen molar-refractivity contribution in [3.63, 3.8) is 0 Å². The van der Waals surface area contributed by atoms with Crippen LogP contribution in [0.5, 0.6) is 0 Å². The van der Waals surface area contributed by atoms with Crippen molar-refractivity contribution in [1.29, 1.82) is 0 Å². The average Bonchev–Trinajstić information content (AvgIpc) is 3.17. The Bertz CT molecular complexity index is 1470. The summed E-state index contributed by atoms with van der Waals surface area (Å²) in [5.74, 6) is -0.316. The maximum absolute atomic E-state index is 12.6. The molecule has 0 unspecified atom stereocenters. The van der Waals surface area contributed by atoms with Gasteiger partial charge < -0.3 is 4.42 Å².